The van der Waals surface area contributed by atoms with E-state index in [9.17, 15) is 15.0 Å². The van der Waals surface area contributed by atoms with Crippen molar-refractivity contribution in [2.75, 3.05) is 25.1 Å². The highest BCUT2D eigenvalue weighted by Gasteiger charge is 2.25. The SMILES string of the molecule is CCC(CO)(CO)NCc1ccc2c(c1)NC(=O)CO2. The van der Waals surface area contributed by atoms with Crippen molar-refractivity contribution in [1.82, 2.24) is 5.32 Å². The number of carbonyl (C=O) groups is 1. The number of anilines is 1. The lowest BCUT2D eigenvalue weighted by Gasteiger charge is -2.30. The van der Waals surface area contributed by atoms with Crippen LogP contribution in [0.1, 0.15) is 18.9 Å². The Kier molecular flexibility index (Phi) is 4.59. The smallest absolute Gasteiger partial charge is 0.262 e. The van der Waals surface area contributed by atoms with Crippen LogP contribution in [-0.2, 0) is 11.3 Å². The molecule has 1 aromatic carbocycles. The zero-order valence-electron chi connectivity index (χ0n) is 11.5. The van der Waals surface area contributed by atoms with Crippen molar-refractivity contribution in [3.05, 3.63) is 23.8 Å². The molecule has 0 saturated carbocycles. The minimum absolute atomic E-state index is 0.0402. The third kappa shape index (κ3) is 3.09. The first kappa shape index (κ1) is 14.8. The van der Waals surface area contributed by atoms with E-state index in [-0.39, 0.29) is 25.7 Å². The molecule has 0 saturated heterocycles. The van der Waals surface area contributed by atoms with Crippen molar-refractivity contribution >= 4 is 11.6 Å². The van der Waals surface area contributed by atoms with Crippen LogP contribution in [0.25, 0.3) is 0 Å². The Balaban J connectivity index is 2.07. The van der Waals surface area contributed by atoms with Gasteiger partial charge in [0.1, 0.15) is 5.75 Å². The van der Waals surface area contributed by atoms with Gasteiger partial charge in [0.25, 0.3) is 5.91 Å². The number of carbonyl (C=O) groups excluding carboxylic acids is 1. The summed E-state index contributed by atoms with van der Waals surface area (Å²) in [5.74, 6) is 0.482. The summed E-state index contributed by atoms with van der Waals surface area (Å²) in [6.07, 6.45) is 0.616. The van der Waals surface area contributed by atoms with Crippen LogP contribution >= 0.6 is 0 Å². The maximum absolute atomic E-state index is 11.3. The molecule has 1 heterocycles. The molecule has 0 atom stereocenters. The topological polar surface area (TPSA) is 90.8 Å². The van der Waals surface area contributed by atoms with Gasteiger partial charge in [0.2, 0.25) is 0 Å². The first-order valence-electron chi connectivity index (χ1n) is 6.65. The number of aliphatic hydroxyl groups excluding tert-OH is 2. The first-order valence-corrected chi connectivity index (χ1v) is 6.65. The van der Waals surface area contributed by atoms with Crippen LogP contribution < -0.4 is 15.4 Å². The summed E-state index contributed by atoms with van der Waals surface area (Å²) < 4.78 is 5.29. The van der Waals surface area contributed by atoms with Crippen molar-refractivity contribution in [2.24, 2.45) is 0 Å². The van der Waals surface area contributed by atoms with E-state index in [0.717, 1.165) is 5.56 Å². The average molecular weight is 280 g/mol. The Labute approximate surface area is 117 Å². The zero-order valence-corrected chi connectivity index (χ0v) is 11.5. The second-order valence-electron chi connectivity index (χ2n) is 4.97. The first-order chi connectivity index (χ1) is 9.62. The van der Waals surface area contributed by atoms with Crippen LogP contribution in [-0.4, -0.2) is 41.5 Å². The number of hydrogen-bond donors (Lipinski definition) is 4. The van der Waals surface area contributed by atoms with E-state index >= 15 is 0 Å². The fourth-order valence-electron chi connectivity index (χ4n) is 2.04. The largest absolute Gasteiger partial charge is 0.482 e. The molecule has 1 amide bonds. The minimum atomic E-state index is -0.685. The number of aliphatic hydroxyl groups is 2. The third-order valence-electron chi connectivity index (χ3n) is 3.63. The molecule has 4 N–H and O–H groups in total. The summed E-state index contributed by atoms with van der Waals surface area (Å²) in [6.45, 7) is 2.16. The molecule has 0 radical (unpaired) electrons. The fourth-order valence-corrected chi connectivity index (χ4v) is 2.04. The molecular weight excluding hydrogens is 260 g/mol. The molecule has 2 rings (SSSR count). The van der Waals surface area contributed by atoms with Crippen molar-refractivity contribution in [3.8, 4) is 5.75 Å². The number of rotatable bonds is 6. The lowest BCUT2D eigenvalue weighted by atomic mass is 9.98. The molecule has 20 heavy (non-hydrogen) atoms. The summed E-state index contributed by atoms with van der Waals surface area (Å²) in [4.78, 5) is 11.3. The Morgan fingerprint density at radius 2 is 2.15 bits per heavy atom. The van der Waals surface area contributed by atoms with E-state index in [1.54, 1.807) is 6.07 Å². The second kappa shape index (κ2) is 6.21. The Hall–Kier alpha value is -1.63. The standard InChI is InChI=1S/C14H20N2O4/c1-2-14(8-17,9-18)15-6-10-3-4-12-11(5-10)16-13(19)7-20-12/h3-5,15,17-18H,2,6-9H2,1H3,(H,16,19). The summed E-state index contributed by atoms with van der Waals surface area (Å²) in [7, 11) is 0. The summed E-state index contributed by atoms with van der Waals surface area (Å²) in [5, 5.41) is 24.7. The molecule has 0 bridgehead atoms. The van der Waals surface area contributed by atoms with E-state index in [1.165, 1.54) is 0 Å². The molecule has 6 heteroatoms. The van der Waals surface area contributed by atoms with Gasteiger partial charge in [-0.05, 0) is 24.1 Å². The van der Waals surface area contributed by atoms with Gasteiger partial charge in [-0.1, -0.05) is 13.0 Å². The Morgan fingerprint density at radius 3 is 2.80 bits per heavy atom. The van der Waals surface area contributed by atoms with Crippen LogP contribution in [0.2, 0.25) is 0 Å². The highest BCUT2D eigenvalue weighted by molar-refractivity contribution is 5.95. The van der Waals surface area contributed by atoms with E-state index in [0.29, 0.717) is 24.4 Å². The second-order valence-corrected chi connectivity index (χ2v) is 4.97. The van der Waals surface area contributed by atoms with Crippen molar-refractivity contribution in [3.63, 3.8) is 0 Å². The Bertz CT molecular complexity index is 478. The number of ether oxygens (including phenoxy) is 1. The summed E-state index contributed by atoms with van der Waals surface area (Å²) in [5.41, 5.74) is 0.903. The highest BCUT2D eigenvalue weighted by atomic mass is 16.5. The predicted molar refractivity (Wildman–Crippen MR) is 74.6 cm³/mol. The Morgan fingerprint density at radius 1 is 1.40 bits per heavy atom. The lowest BCUT2D eigenvalue weighted by Crippen LogP contribution is -2.50. The maximum Gasteiger partial charge on any atom is 0.262 e. The van der Waals surface area contributed by atoms with Crippen LogP contribution in [0.5, 0.6) is 5.75 Å². The van der Waals surface area contributed by atoms with Gasteiger partial charge in [-0.3, -0.25) is 4.79 Å². The summed E-state index contributed by atoms with van der Waals surface area (Å²) in [6, 6.07) is 5.52. The van der Waals surface area contributed by atoms with Crippen LogP contribution in [0.4, 0.5) is 5.69 Å². The van der Waals surface area contributed by atoms with Gasteiger partial charge < -0.3 is 25.6 Å². The molecule has 6 nitrogen and oxygen atoms in total. The van der Waals surface area contributed by atoms with Crippen LogP contribution in [0.3, 0.4) is 0 Å². The number of amides is 1. The van der Waals surface area contributed by atoms with Gasteiger partial charge in [0, 0.05) is 6.54 Å². The van der Waals surface area contributed by atoms with E-state index < -0.39 is 5.54 Å². The molecule has 1 aliphatic rings. The number of nitrogens with one attached hydrogen (secondary N) is 2. The highest BCUT2D eigenvalue weighted by Crippen LogP contribution is 2.28. The molecule has 0 unspecified atom stereocenters. The normalized spacial score (nSPS) is 14.4. The van der Waals surface area contributed by atoms with E-state index in [2.05, 4.69) is 10.6 Å². The van der Waals surface area contributed by atoms with Gasteiger partial charge >= 0.3 is 0 Å². The molecule has 0 aromatic heterocycles. The van der Waals surface area contributed by atoms with Gasteiger partial charge in [-0.25, -0.2) is 0 Å². The zero-order chi connectivity index (χ0) is 14.6. The third-order valence-corrected chi connectivity index (χ3v) is 3.63. The van der Waals surface area contributed by atoms with Gasteiger partial charge in [0.05, 0.1) is 24.4 Å². The van der Waals surface area contributed by atoms with Crippen molar-refractivity contribution < 1.29 is 19.7 Å². The molecule has 110 valence electrons. The molecule has 1 aliphatic heterocycles. The monoisotopic (exact) mass is 280 g/mol. The molecule has 0 fully saturated rings. The quantitative estimate of drug-likeness (QED) is 0.599. The predicted octanol–water partition coefficient (Wildman–Crippen LogP) is 0.240. The van der Waals surface area contributed by atoms with Crippen LogP contribution in [0.15, 0.2) is 18.2 Å². The molecule has 0 aliphatic carbocycles. The minimum Gasteiger partial charge on any atom is -0.482 e. The molecule has 1 aromatic rings. The van der Waals surface area contributed by atoms with Gasteiger partial charge in [-0.2, -0.15) is 0 Å². The number of benzene rings is 1. The van der Waals surface area contributed by atoms with Crippen molar-refractivity contribution in [2.45, 2.75) is 25.4 Å². The van der Waals surface area contributed by atoms with Gasteiger partial charge in [0.15, 0.2) is 6.61 Å². The number of fused-ring (bicyclic) bond motifs is 1. The number of hydrogen-bond acceptors (Lipinski definition) is 5. The van der Waals surface area contributed by atoms with E-state index in [1.807, 2.05) is 19.1 Å². The van der Waals surface area contributed by atoms with Crippen molar-refractivity contribution in [1.29, 1.82) is 0 Å². The van der Waals surface area contributed by atoms with Crippen LogP contribution in [0, 0.1) is 0 Å². The van der Waals surface area contributed by atoms with E-state index in [4.69, 9.17) is 4.74 Å². The van der Waals surface area contributed by atoms with Gasteiger partial charge in [-0.15, -0.1) is 0 Å². The fraction of sp³-hybridized carbons (Fsp3) is 0.500. The summed E-state index contributed by atoms with van der Waals surface area (Å²) >= 11 is 0. The average Bonchev–Trinajstić information content (AvgIpc) is 2.49. The lowest BCUT2D eigenvalue weighted by molar-refractivity contribution is -0.118. The molecule has 0 spiro atoms. The maximum atomic E-state index is 11.3. The molecular formula is C14H20N2O4.